The summed E-state index contributed by atoms with van der Waals surface area (Å²) in [6, 6.07) is 31.5. The number of benzene rings is 4. The third kappa shape index (κ3) is 3.76. The standard InChI is InChI=1S/C29H25NO3S/c1-28(2,3)33-27(32)30-25-16-10-9-15-24(25)29(26(30)31,34-23-13-5-4-6-14-23)22-18-17-20-11-7-8-12-21(20)19-22/h4-19H,1-3H3/t29-/m0/s1. The van der Waals surface area contributed by atoms with Crippen LogP contribution in [0.15, 0.2) is 102 Å². The summed E-state index contributed by atoms with van der Waals surface area (Å²) in [4.78, 5) is 29.8. The van der Waals surface area contributed by atoms with E-state index in [1.165, 1.54) is 16.7 Å². The fourth-order valence-electron chi connectivity index (χ4n) is 4.35. The van der Waals surface area contributed by atoms with Crippen molar-refractivity contribution in [3.63, 3.8) is 0 Å². The largest absolute Gasteiger partial charge is 0.443 e. The summed E-state index contributed by atoms with van der Waals surface area (Å²) in [5.74, 6) is -0.327. The van der Waals surface area contributed by atoms with Gasteiger partial charge in [-0.2, -0.15) is 0 Å². The van der Waals surface area contributed by atoms with Crippen molar-refractivity contribution in [2.45, 2.75) is 36.0 Å². The second-order valence-corrected chi connectivity index (χ2v) is 10.6. The molecule has 0 radical (unpaired) electrons. The number of carbonyl (C=O) groups is 2. The Morgan fingerprint density at radius 1 is 0.824 bits per heavy atom. The zero-order valence-electron chi connectivity index (χ0n) is 19.3. The Bertz CT molecular complexity index is 1390. The molecule has 4 nitrogen and oxygen atoms in total. The van der Waals surface area contributed by atoms with Crippen LogP contribution in [-0.4, -0.2) is 17.6 Å². The van der Waals surface area contributed by atoms with Crippen LogP contribution in [0.4, 0.5) is 10.5 Å². The van der Waals surface area contributed by atoms with Gasteiger partial charge >= 0.3 is 6.09 Å². The van der Waals surface area contributed by atoms with Crippen LogP contribution in [0.2, 0.25) is 0 Å². The molecule has 5 heteroatoms. The van der Waals surface area contributed by atoms with Crippen molar-refractivity contribution in [3.05, 3.63) is 108 Å². The molecule has 1 heterocycles. The molecule has 0 saturated carbocycles. The van der Waals surface area contributed by atoms with Gasteiger partial charge in [0.05, 0.1) is 5.69 Å². The predicted molar refractivity (Wildman–Crippen MR) is 137 cm³/mol. The summed E-state index contributed by atoms with van der Waals surface area (Å²) in [6.45, 7) is 5.39. The van der Waals surface area contributed by atoms with Crippen molar-refractivity contribution in [1.82, 2.24) is 0 Å². The maximum Gasteiger partial charge on any atom is 0.421 e. The molecular formula is C29H25NO3S. The van der Waals surface area contributed by atoms with Crippen molar-refractivity contribution in [1.29, 1.82) is 0 Å². The number of rotatable bonds is 3. The number of fused-ring (bicyclic) bond motifs is 2. The number of thioether (sulfide) groups is 1. The first-order chi connectivity index (χ1) is 16.3. The number of anilines is 1. The highest BCUT2D eigenvalue weighted by Gasteiger charge is 2.55. The van der Waals surface area contributed by atoms with Crippen LogP contribution >= 0.6 is 11.8 Å². The van der Waals surface area contributed by atoms with Crippen molar-refractivity contribution < 1.29 is 14.3 Å². The summed E-state index contributed by atoms with van der Waals surface area (Å²) >= 11 is 1.45. The van der Waals surface area contributed by atoms with Gasteiger partial charge in [0.15, 0.2) is 4.75 Å². The number of nitrogens with zero attached hydrogens (tertiary/aromatic N) is 1. The van der Waals surface area contributed by atoms with Gasteiger partial charge in [-0.05, 0) is 61.4 Å². The monoisotopic (exact) mass is 467 g/mol. The predicted octanol–water partition coefficient (Wildman–Crippen LogP) is 7.16. The van der Waals surface area contributed by atoms with E-state index in [1.807, 2.05) is 91.0 Å². The molecule has 0 unspecified atom stereocenters. The van der Waals surface area contributed by atoms with Gasteiger partial charge in [0.25, 0.3) is 5.91 Å². The Hall–Kier alpha value is -3.57. The fraction of sp³-hybridized carbons (Fsp3) is 0.172. The van der Waals surface area contributed by atoms with Crippen LogP contribution in [0.3, 0.4) is 0 Å². The van der Waals surface area contributed by atoms with Gasteiger partial charge in [-0.3, -0.25) is 4.79 Å². The van der Waals surface area contributed by atoms with Crippen molar-refractivity contribution >= 4 is 40.2 Å². The average Bonchev–Trinajstić information content (AvgIpc) is 3.07. The SMILES string of the molecule is CC(C)(C)OC(=O)N1C(=O)[C@](Sc2ccccc2)(c2ccc3ccccc3c2)c2ccccc21. The van der Waals surface area contributed by atoms with Crippen LogP contribution in [0.1, 0.15) is 31.9 Å². The lowest BCUT2D eigenvalue weighted by atomic mass is 9.90. The molecule has 4 aromatic carbocycles. The van der Waals surface area contributed by atoms with Crippen LogP contribution in [0.25, 0.3) is 10.8 Å². The number of para-hydroxylation sites is 1. The van der Waals surface area contributed by atoms with E-state index in [0.29, 0.717) is 5.69 Å². The third-order valence-corrected chi connectivity index (χ3v) is 7.22. The summed E-state index contributed by atoms with van der Waals surface area (Å²) in [5, 5.41) is 2.13. The highest BCUT2D eigenvalue weighted by molar-refractivity contribution is 8.01. The molecule has 2 amide bonds. The molecule has 1 aliphatic heterocycles. The molecule has 0 spiro atoms. The molecule has 170 valence electrons. The minimum Gasteiger partial charge on any atom is -0.443 e. The van der Waals surface area contributed by atoms with E-state index in [2.05, 4.69) is 6.07 Å². The topological polar surface area (TPSA) is 46.6 Å². The number of amides is 2. The van der Waals surface area contributed by atoms with Gasteiger partial charge in [0, 0.05) is 10.5 Å². The average molecular weight is 468 g/mol. The maximum atomic E-state index is 14.4. The molecule has 34 heavy (non-hydrogen) atoms. The number of hydrogen-bond donors (Lipinski definition) is 0. The van der Waals surface area contributed by atoms with Crippen LogP contribution < -0.4 is 4.90 Å². The van der Waals surface area contributed by atoms with Crippen LogP contribution in [0, 0.1) is 0 Å². The zero-order valence-corrected chi connectivity index (χ0v) is 20.1. The van der Waals surface area contributed by atoms with E-state index >= 15 is 0 Å². The number of hydrogen-bond acceptors (Lipinski definition) is 4. The Morgan fingerprint density at radius 3 is 2.21 bits per heavy atom. The summed E-state index contributed by atoms with van der Waals surface area (Å²) < 4.78 is 4.52. The molecule has 0 N–H and O–H groups in total. The van der Waals surface area contributed by atoms with Gasteiger partial charge in [-0.25, -0.2) is 9.69 Å². The van der Waals surface area contributed by atoms with E-state index in [9.17, 15) is 9.59 Å². The number of ether oxygens (including phenoxy) is 1. The minimum atomic E-state index is -1.14. The second kappa shape index (κ2) is 8.33. The zero-order chi connectivity index (χ0) is 23.9. The highest BCUT2D eigenvalue weighted by atomic mass is 32.2. The molecule has 1 aliphatic rings. The first kappa shape index (κ1) is 22.2. The first-order valence-electron chi connectivity index (χ1n) is 11.2. The summed E-state index contributed by atoms with van der Waals surface area (Å²) in [6.07, 6.45) is -0.665. The normalized spacial score (nSPS) is 17.6. The molecule has 0 aliphatic carbocycles. The van der Waals surface area contributed by atoms with Crippen molar-refractivity contribution in [2.24, 2.45) is 0 Å². The maximum absolute atomic E-state index is 14.4. The lowest BCUT2D eigenvalue weighted by Gasteiger charge is -2.29. The Morgan fingerprint density at radius 2 is 1.47 bits per heavy atom. The van der Waals surface area contributed by atoms with E-state index in [-0.39, 0.29) is 5.91 Å². The van der Waals surface area contributed by atoms with E-state index in [0.717, 1.165) is 26.8 Å². The molecule has 5 rings (SSSR count). The Kier molecular flexibility index (Phi) is 5.45. The number of carbonyl (C=O) groups excluding carboxylic acids is 2. The van der Waals surface area contributed by atoms with E-state index < -0.39 is 16.4 Å². The Labute approximate surface area is 203 Å². The molecule has 0 fully saturated rings. The number of imide groups is 1. The lowest BCUT2D eigenvalue weighted by Crippen LogP contribution is -2.44. The molecule has 0 saturated heterocycles. The van der Waals surface area contributed by atoms with Gasteiger partial charge < -0.3 is 4.74 Å². The molecule has 1 atom stereocenters. The van der Waals surface area contributed by atoms with Crippen molar-refractivity contribution in [2.75, 3.05) is 4.90 Å². The minimum absolute atomic E-state index is 0.327. The van der Waals surface area contributed by atoms with E-state index in [4.69, 9.17) is 4.74 Å². The van der Waals surface area contributed by atoms with Gasteiger partial charge in [-0.15, -0.1) is 0 Å². The van der Waals surface area contributed by atoms with E-state index in [1.54, 1.807) is 20.8 Å². The molecular weight excluding hydrogens is 442 g/mol. The summed E-state index contributed by atoms with van der Waals surface area (Å²) in [7, 11) is 0. The molecule has 0 aromatic heterocycles. The van der Waals surface area contributed by atoms with Crippen LogP contribution in [0.5, 0.6) is 0 Å². The lowest BCUT2D eigenvalue weighted by molar-refractivity contribution is -0.119. The molecule has 0 bridgehead atoms. The van der Waals surface area contributed by atoms with Gasteiger partial charge in [-0.1, -0.05) is 84.6 Å². The second-order valence-electron chi connectivity index (χ2n) is 9.30. The van der Waals surface area contributed by atoms with Gasteiger partial charge in [0.1, 0.15) is 5.60 Å². The third-order valence-electron chi connectivity index (χ3n) is 5.77. The van der Waals surface area contributed by atoms with Crippen molar-refractivity contribution in [3.8, 4) is 0 Å². The van der Waals surface area contributed by atoms with Crippen LogP contribution in [-0.2, 0) is 14.3 Å². The smallest absolute Gasteiger partial charge is 0.421 e. The first-order valence-corrected chi connectivity index (χ1v) is 12.0. The quantitative estimate of drug-likeness (QED) is 0.321. The Balaban J connectivity index is 1.75. The summed E-state index contributed by atoms with van der Waals surface area (Å²) in [5.41, 5.74) is 1.42. The fourth-order valence-corrected chi connectivity index (χ4v) is 5.70. The highest BCUT2D eigenvalue weighted by Crippen LogP contribution is 2.55. The molecule has 4 aromatic rings. The van der Waals surface area contributed by atoms with Gasteiger partial charge in [0.2, 0.25) is 0 Å².